The van der Waals surface area contributed by atoms with Crippen molar-refractivity contribution in [2.75, 3.05) is 6.61 Å². The van der Waals surface area contributed by atoms with E-state index in [9.17, 15) is 4.79 Å². The van der Waals surface area contributed by atoms with Crippen LogP contribution in [0.4, 0.5) is 0 Å². The summed E-state index contributed by atoms with van der Waals surface area (Å²) >= 11 is 0. The first kappa shape index (κ1) is 14.7. The maximum absolute atomic E-state index is 11.4. The van der Waals surface area contributed by atoms with Gasteiger partial charge in [-0.3, -0.25) is 4.79 Å². The van der Waals surface area contributed by atoms with Gasteiger partial charge in [0.15, 0.2) is 5.43 Å². The smallest absolute Gasteiger partial charge is 0.185 e. The first-order chi connectivity index (χ1) is 8.46. The molecule has 1 rings (SSSR count). The second kappa shape index (κ2) is 6.55. The van der Waals surface area contributed by atoms with Crippen LogP contribution in [0, 0.1) is 5.41 Å². The molecule has 0 bridgehead atoms. The quantitative estimate of drug-likeness (QED) is 0.757. The van der Waals surface area contributed by atoms with Gasteiger partial charge in [0.1, 0.15) is 11.5 Å². The average molecular weight is 250 g/mol. The first-order valence-corrected chi connectivity index (χ1v) is 6.34. The Morgan fingerprint density at radius 2 is 2.11 bits per heavy atom. The Labute approximate surface area is 108 Å². The molecule has 0 aliphatic heterocycles. The first-order valence-electron chi connectivity index (χ1n) is 6.34. The Hall–Kier alpha value is -1.35. The Bertz CT molecular complexity index is 443. The van der Waals surface area contributed by atoms with Crippen molar-refractivity contribution in [3.8, 4) is 0 Å². The van der Waals surface area contributed by atoms with Gasteiger partial charge in [-0.2, -0.15) is 0 Å². The lowest BCUT2D eigenvalue weighted by atomic mass is 9.88. The summed E-state index contributed by atoms with van der Waals surface area (Å²) in [4.78, 5) is 11.4. The van der Waals surface area contributed by atoms with Crippen molar-refractivity contribution in [1.29, 1.82) is 0 Å². The summed E-state index contributed by atoms with van der Waals surface area (Å²) in [6, 6.07) is 2.97. The number of hydrogen-bond acceptors (Lipinski definition) is 3. The summed E-state index contributed by atoms with van der Waals surface area (Å²) in [5.74, 6) is 1.23. The molecule has 0 aliphatic carbocycles. The van der Waals surface area contributed by atoms with E-state index in [1.807, 2.05) is 13.8 Å². The third kappa shape index (κ3) is 4.88. The van der Waals surface area contributed by atoms with Gasteiger partial charge in [0.2, 0.25) is 0 Å². The number of rotatable bonds is 7. The predicted molar refractivity (Wildman–Crippen MR) is 73.5 cm³/mol. The summed E-state index contributed by atoms with van der Waals surface area (Å²) < 4.78 is 5.50. The summed E-state index contributed by atoms with van der Waals surface area (Å²) in [6.45, 7) is 7.89. The van der Waals surface area contributed by atoms with Gasteiger partial charge >= 0.3 is 0 Å². The van der Waals surface area contributed by atoms with Crippen molar-refractivity contribution < 1.29 is 9.52 Å². The molecule has 0 aromatic carbocycles. The van der Waals surface area contributed by atoms with Crippen LogP contribution in [0.15, 0.2) is 27.9 Å². The van der Waals surface area contributed by atoms with Crippen LogP contribution in [0.5, 0.6) is 0 Å². The van der Waals surface area contributed by atoms with Crippen molar-refractivity contribution in [2.45, 2.75) is 39.5 Å². The van der Waals surface area contributed by atoms with Crippen LogP contribution in [0.1, 0.15) is 44.6 Å². The van der Waals surface area contributed by atoms with Crippen LogP contribution in [0.2, 0.25) is 0 Å². The van der Waals surface area contributed by atoms with E-state index in [-0.39, 0.29) is 17.5 Å². The number of unbranched alkanes of at least 4 members (excludes halogenated alkanes) is 1. The van der Waals surface area contributed by atoms with Crippen molar-refractivity contribution in [1.82, 2.24) is 0 Å². The molecule has 1 aromatic rings. The molecule has 0 amide bonds. The molecule has 3 nitrogen and oxygen atoms in total. The zero-order valence-electron chi connectivity index (χ0n) is 11.2. The molecular formula is C15H22O3. The van der Waals surface area contributed by atoms with Gasteiger partial charge in [-0.05, 0) is 24.3 Å². The number of aliphatic hydroxyl groups excluding tert-OH is 1. The van der Waals surface area contributed by atoms with Gasteiger partial charge < -0.3 is 9.52 Å². The minimum Gasteiger partial charge on any atom is -0.461 e. The van der Waals surface area contributed by atoms with E-state index in [1.54, 1.807) is 6.08 Å². The molecule has 0 spiro atoms. The van der Waals surface area contributed by atoms with E-state index in [4.69, 9.17) is 9.52 Å². The van der Waals surface area contributed by atoms with Gasteiger partial charge in [0.25, 0.3) is 0 Å². The van der Waals surface area contributed by atoms with E-state index >= 15 is 0 Å². The van der Waals surface area contributed by atoms with Crippen LogP contribution in [0.25, 0.3) is 6.08 Å². The van der Waals surface area contributed by atoms with Gasteiger partial charge in [0.05, 0.1) is 0 Å². The highest BCUT2D eigenvalue weighted by atomic mass is 16.3. The number of aliphatic hydroxyl groups is 1. The van der Waals surface area contributed by atoms with Crippen LogP contribution in [0.3, 0.4) is 0 Å². The van der Waals surface area contributed by atoms with Crippen molar-refractivity contribution in [3.63, 3.8) is 0 Å². The van der Waals surface area contributed by atoms with Gasteiger partial charge in [-0.25, -0.2) is 0 Å². The highest BCUT2D eigenvalue weighted by molar-refractivity contribution is 5.38. The molecular weight excluding hydrogens is 228 g/mol. The molecule has 0 fully saturated rings. The van der Waals surface area contributed by atoms with E-state index in [0.29, 0.717) is 11.5 Å². The molecule has 18 heavy (non-hydrogen) atoms. The van der Waals surface area contributed by atoms with Crippen molar-refractivity contribution in [2.24, 2.45) is 5.41 Å². The van der Waals surface area contributed by atoms with E-state index < -0.39 is 0 Å². The zero-order chi connectivity index (χ0) is 13.6. The molecule has 0 saturated carbocycles. The number of hydrogen-bond donors (Lipinski definition) is 1. The van der Waals surface area contributed by atoms with Crippen LogP contribution < -0.4 is 5.43 Å². The highest BCUT2D eigenvalue weighted by Crippen LogP contribution is 2.22. The summed E-state index contributed by atoms with van der Waals surface area (Å²) in [5.41, 5.74) is -0.0640. The van der Waals surface area contributed by atoms with Crippen molar-refractivity contribution >= 4 is 6.08 Å². The molecule has 0 aliphatic rings. The topological polar surface area (TPSA) is 50.4 Å². The molecule has 1 aromatic heterocycles. The Morgan fingerprint density at radius 3 is 2.72 bits per heavy atom. The summed E-state index contributed by atoms with van der Waals surface area (Å²) in [7, 11) is 0. The molecule has 100 valence electrons. The second-order valence-electron chi connectivity index (χ2n) is 5.40. The fourth-order valence-electron chi connectivity index (χ4n) is 1.76. The fourth-order valence-corrected chi connectivity index (χ4v) is 1.76. The SMILES string of the molecule is C=Cc1cc(=O)cc(CCCCC(C)(C)CO)o1. The minimum absolute atomic E-state index is 0.0240. The summed E-state index contributed by atoms with van der Waals surface area (Å²) in [5, 5.41) is 9.14. The number of aryl methyl sites for hydroxylation is 1. The normalized spacial score (nSPS) is 11.5. The molecule has 0 radical (unpaired) electrons. The average Bonchev–Trinajstić information content (AvgIpc) is 2.34. The van der Waals surface area contributed by atoms with Gasteiger partial charge in [-0.15, -0.1) is 0 Å². The molecule has 0 unspecified atom stereocenters. The monoisotopic (exact) mass is 250 g/mol. The molecule has 3 heteroatoms. The maximum Gasteiger partial charge on any atom is 0.185 e. The molecule has 0 saturated heterocycles. The Morgan fingerprint density at radius 1 is 1.39 bits per heavy atom. The third-order valence-electron chi connectivity index (χ3n) is 2.99. The molecule has 1 N–H and O–H groups in total. The minimum atomic E-state index is -0.0400. The lowest BCUT2D eigenvalue weighted by Gasteiger charge is -2.20. The lowest BCUT2D eigenvalue weighted by Crippen LogP contribution is -2.16. The van der Waals surface area contributed by atoms with E-state index in [0.717, 1.165) is 25.7 Å². The Kier molecular flexibility index (Phi) is 5.35. The van der Waals surface area contributed by atoms with Gasteiger partial charge in [-0.1, -0.05) is 26.8 Å². The molecule has 0 atom stereocenters. The standard InChI is InChI=1S/C15H22O3/c1-4-13-9-12(17)10-14(18-13)7-5-6-8-15(2,3)11-16/h4,9-10,16H,1,5-8,11H2,2-3H3. The second-order valence-corrected chi connectivity index (χ2v) is 5.40. The van der Waals surface area contributed by atoms with E-state index in [1.165, 1.54) is 12.1 Å². The molecule has 1 heterocycles. The fraction of sp³-hybridized carbons (Fsp3) is 0.533. The van der Waals surface area contributed by atoms with Crippen LogP contribution >= 0.6 is 0 Å². The maximum atomic E-state index is 11.4. The summed E-state index contributed by atoms with van der Waals surface area (Å²) in [6.07, 6.45) is 5.22. The highest BCUT2D eigenvalue weighted by Gasteiger charge is 2.15. The van der Waals surface area contributed by atoms with Crippen LogP contribution in [-0.4, -0.2) is 11.7 Å². The van der Waals surface area contributed by atoms with Crippen LogP contribution in [-0.2, 0) is 6.42 Å². The van der Waals surface area contributed by atoms with Gasteiger partial charge in [0, 0.05) is 25.2 Å². The lowest BCUT2D eigenvalue weighted by molar-refractivity contribution is 0.147. The third-order valence-corrected chi connectivity index (χ3v) is 2.99. The predicted octanol–water partition coefficient (Wildman–Crippen LogP) is 3.01. The Balaban J connectivity index is 2.47. The van der Waals surface area contributed by atoms with Crippen molar-refractivity contribution in [3.05, 3.63) is 40.5 Å². The zero-order valence-corrected chi connectivity index (χ0v) is 11.2. The largest absolute Gasteiger partial charge is 0.461 e. The van der Waals surface area contributed by atoms with E-state index in [2.05, 4.69) is 6.58 Å².